The minimum atomic E-state index is -0.992. The quantitative estimate of drug-likeness (QED) is 0.817. The Morgan fingerprint density at radius 2 is 1.95 bits per heavy atom. The van der Waals surface area contributed by atoms with Crippen molar-refractivity contribution in [3.63, 3.8) is 0 Å². The SMILES string of the molecule is CCC(C)(C#N)C(=O)NCCC(=O)N1CCCCC1. The van der Waals surface area contributed by atoms with Gasteiger partial charge in [-0.3, -0.25) is 9.59 Å². The van der Waals surface area contributed by atoms with Gasteiger partial charge in [0.05, 0.1) is 6.07 Å². The van der Waals surface area contributed by atoms with E-state index in [0.717, 1.165) is 25.9 Å². The molecule has 1 heterocycles. The van der Waals surface area contributed by atoms with E-state index >= 15 is 0 Å². The maximum atomic E-state index is 11.9. The number of hydrogen-bond donors (Lipinski definition) is 1. The van der Waals surface area contributed by atoms with E-state index in [-0.39, 0.29) is 11.8 Å². The standard InChI is InChI=1S/C14H23N3O2/c1-3-14(2,11-15)13(19)16-8-7-12(18)17-9-5-4-6-10-17/h3-10H2,1-2H3,(H,16,19). The summed E-state index contributed by atoms with van der Waals surface area (Å²) in [4.78, 5) is 25.6. The highest BCUT2D eigenvalue weighted by atomic mass is 16.2. The van der Waals surface area contributed by atoms with E-state index in [1.807, 2.05) is 17.9 Å². The molecule has 19 heavy (non-hydrogen) atoms. The van der Waals surface area contributed by atoms with Crippen LogP contribution in [0.3, 0.4) is 0 Å². The first-order chi connectivity index (χ1) is 9.03. The van der Waals surface area contributed by atoms with Gasteiger partial charge in [0.1, 0.15) is 5.41 Å². The van der Waals surface area contributed by atoms with Gasteiger partial charge >= 0.3 is 0 Å². The summed E-state index contributed by atoms with van der Waals surface area (Å²) in [6.45, 7) is 5.40. The Morgan fingerprint density at radius 1 is 1.32 bits per heavy atom. The number of likely N-dealkylation sites (tertiary alicyclic amines) is 1. The predicted octanol–water partition coefficient (Wildman–Crippen LogP) is 1.45. The van der Waals surface area contributed by atoms with Gasteiger partial charge in [0.15, 0.2) is 0 Å². The Bertz CT molecular complexity index is 369. The zero-order valence-electron chi connectivity index (χ0n) is 11.9. The van der Waals surface area contributed by atoms with Gasteiger partial charge in [0.25, 0.3) is 0 Å². The van der Waals surface area contributed by atoms with Crippen LogP contribution in [0, 0.1) is 16.7 Å². The molecule has 1 aliphatic heterocycles. The Balaban J connectivity index is 2.32. The first-order valence-corrected chi connectivity index (χ1v) is 7.01. The second-order valence-corrected chi connectivity index (χ2v) is 5.24. The summed E-state index contributed by atoms with van der Waals surface area (Å²) < 4.78 is 0. The van der Waals surface area contributed by atoms with E-state index in [1.165, 1.54) is 6.42 Å². The lowest BCUT2D eigenvalue weighted by atomic mass is 9.88. The minimum Gasteiger partial charge on any atom is -0.354 e. The fraction of sp³-hybridized carbons (Fsp3) is 0.786. The van der Waals surface area contributed by atoms with Crippen molar-refractivity contribution in [1.82, 2.24) is 10.2 Å². The van der Waals surface area contributed by atoms with Crippen LogP contribution in [0.25, 0.3) is 0 Å². The molecule has 106 valence electrons. The normalized spacial score (nSPS) is 18.3. The van der Waals surface area contributed by atoms with Crippen molar-refractivity contribution < 1.29 is 9.59 Å². The maximum absolute atomic E-state index is 11.9. The number of hydrogen-bond acceptors (Lipinski definition) is 3. The van der Waals surface area contributed by atoms with E-state index in [9.17, 15) is 9.59 Å². The molecule has 0 aliphatic carbocycles. The van der Waals surface area contributed by atoms with Crippen LogP contribution in [0.2, 0.25) is 0 Å². The number of nitriles is 1. The molecule has 0 saturated carbocycles. The minimum absolute atomic E-state index is 0.0927. The van der Waals surface area contributed by atoms with E-state index in [4.69, 9.17) is 5.26 Å². The summed E-state index contributed by atoms with van der Waals surface area (Å²) in [5.41, 5.74) is -0.992. The molecule has 0 aromatic heterocycles. The molecule has 2 amide bonds. The molecule has 1 aliphatic rings. The highest BCUT2D eigenvalue weighted by Crippen LogP contribution is 2.19. The largest absolute Gasteiger partial charge is 0.354 e. The third-order valence-electron chi connectivity index (χ3n) is 3.79. The van der Waals surface area contributed by atoms with Crippen LogP contribution in [-0.2, 0) is 9.59 Å². The van der Waals surface area contributed by atoms with Gasteiger partial charge in [-0.25, -0.2) is 0 Å². The Hall–Kier alpha value is -1.57. The predicted molar refractivity (Wildman–Crippen MR) is 72.1 cm³/mol. The molecule has 0 aromatic carbocycles. The molecule has 0 aromatic rings. The lowest BCUT2D eigenvalue weighted by Crippen LogP contribution is -2.41. The highest BCUT2D eigenvalue weighted by molar-refractivity contribution is 5.85. The number of carbonyl (C=O) groups is 2. The number of rotatable bonds is 5. The third kappa shape index (κ3) is 4.23. The van der Waals surface area contributed by atoms with E-state index in [0.29, 0.717) is 19.4 Å². The van der Waals surface area contributed by atoms with Crippen molar-refractivity contribution in [2.45, 2.75) is 46.0 Å². The van der Waals surface area contributed by atoms with Crippen molar-refractivity contribution in [3.05, 3.63) is 0 Å². The van der Waals surface area contributed by atoms with Crippen molar-refractivity contribution in [2.24, 2.45) is 5.41 Å². The molecule has 1 rings (SSSR count). The maximum Gasteiger partial charge on any atom is 0.240 e. The van der Waals surface area contributed by atoms with Gasteiger partial charge in [0.2, 0.25) is 11.8 Å². The summed E-state index contributed by atoms with van der Waals surface area (Å²) in [5, 5.41) is 11.7. The van der Waals surface area contributed by atoms with Crippen LogP contribution < -0.4 is 5.32 Å². The molecule has 5 heteroatoms. The summed E-state index contributed by atoms with van der Waals surface area (Å²) in [6, 6.07) is 2.02. The average molecular weight is 265 g/mol. The topological polar surface area (TPSA) is 73.2 Å². The molecular formula is C14H23N3O2. The molecule has 1 atom stereocenters. The number of carbonyl (C=O) groups excluding carboxylic acids is 2. The summed E-state index contributed by atoms with van der Waals surface area (Å²) in [5.74, 6) is -0.195. The van der Waals surface area contributed by atoms with Gasteiger partial charge < -0.3 is 10.2 Å². The number of nitrogens with zero attached hydrogens (tertiary/aromatic N) is 2. The van der Waals surface area contributed by atoms with E-state index in [2.05, 4.69) is 5.32 Å². The smallest absolute Gasteiger partial charge is 0.240 e. The van der Waals surface area contributed by atoms with Crippen LogP contribution in [0.5, 0.6) is 0 Å². The van der Waals surface area contributed by atoms with Crippen LogP contribution in [0.15, 0.2) is 0 Å². The second-order valence-electron chi connectivity index (χ2n) is 5.24. The Labute approximate surface area is 115 Å². The van der Waals surface area contributed by atoms with Crippen LogP contribution in [0.1, 0.15) is 46.0 Å². The van der Waals surface area contributed by atoms with Gasteiger partial charge in [-0.05, 0) is 32.6 Å². The average Bonchev–Trinajstić information content (AvgIpc) is 2.47. The number of piperidine rings is 1. The molecule has 0 bridgehead atoms. The zero-order chi connectivity index (χ0) is 14.3. The van der Waals surface area contributed by atoms with Crippen LogP contribution in [0.4, 0.5) is 0 Å². The fourth-order valence-corrected chi connectivity index (χ4v) is 2.07. The molecular weight excluding hydrogens is 242 g/mol. The molecule has 1 saturated heterocycles. The van der Waals surface area contributed by atoms with Crippen LogP contribution in [-0.4, -0.2) is 36.3 Å². The van der Waals surface area contributed by atoms with Crippen molar-refractivity contribution in [2.75, 3.05) is 19.6 Å². The summed E-state index contributed by atoms with van der Waals surface area (Å²) >= 11 is 0. The molecule has 0 spiro atoms. The first-order valence-electron chi connectivity index (χ1n) is 7.01. The fourth-order valence-electron chi connectivity index (χ4n) is 2.07. The molecule has 1 unspecified atom stereocenters. The Morgan fingerprint density at radius 3 is 2.47 bits per heavy atom. The van der Waals surface area contributed by atoms with Gasteiger partial charge in [-0.2, -0.15) is 5.26 Å². The van der Waals surface area contributed by atoms with Gasteiger partial charge in [-0.1, -0.05) is 6.92 Å². The summed E-state index contributed by atoms with van der Waals surface area (Å²) in [6.07, 6.45) is 4.12. The zero-order valence-corrected chi connectivity index (χ0v) is 11.9. The first kappa shape index (κ1) is 15.5. The lowest BCUT2D eigenvalue weighted by Gasteiger charge is -2.27. The van der Waals surface area contributed by atoms with Gasteiger partial charge in [0, 0.05) is 26.1 Å². The van der Waals surface area contributed by atoms with Crippen molar-refractivity contribution >= 4 is 11.8 Å². The lowest BCUT2D eigenvalue weighted by molar-refractivity contribution is -0.132. The Kier molecular flexibility index (Phi) is 5.81. The summed E-state index contributed by atoms with van der Waals surface area (Å²) in [7, 11) is 0. The number of amides is 2. The third-order valence-corrected chi connectivity index (χ3v) is 3.79. The highest BCUT2D eigenvalue weighted by Gasteiger charge is 2.30. The van der Waals surface area contributed by atoms with Crippen molar-refractivity contribution in [3.8, 4) is 6.07 Å². The molecule has 0 radical (unpaired) electrons. The molecule has 1 fully saturated rings. The van der Waals surface area contributed by atoms with E-state index in [1.54, 1.807) is 6.92 Å². The van der Waals surface area contributed by atoms with Crippen molar-refractivity contribution in [1.29, 1.82) is 5.26 Å². The van der Waals surface area contributed by atoms with Gasteiger partial charge in [-0.15, -0.1) is 0 Å². The monoisotopic (exact) mass is 265 g/mol. The molecule has 5 nitrogen and oxygen atoms in total. The second kappa shape index (κ2) is 7.13. The van der Waals surface area contributed by atoms with E-state index < -0.39 is 5.41 Å². The van der Waals surface area contributed by atoms with Crippen LogP contribution >= 0.6 is 0 Å². The molecule has 1 N–H and O–H groups in total. The number of nitrogens with one attached hydrogen (secondary N) is 1.